The van der Waals surface area contributed by atoms with Crippen LogP contribution in [0.25, 0.3) is 10.9 Å². The van der Waals surface area contributed by atoms with E-state index >= 15 is 0 Å². The van der Waals surface area contributed by atoms with E-state index in [0.717, 1.165) is 5.52 Å². The van der Waals surface area contributed by atoms with E-state index in [1.54, 1.807) is 12.1 Å². The fourth-order valence-corrected chi connectivity index (χ4v) is 2.34. The lowest BCUT2D eigenvalue weighted by Crippen LogP contribution is -2.03. The topological polar surface area (TPSA) is 40.5 Å². The maximum absolute atomic E-state index is 13.8. The number of hydrogen-bond donors (Lipinski definition) is 0. The summed E-state index contributed by atoms with van der Waals surface area (Å²) in [6, 6.07) is 3.35. The molecule has 0 saturated carbocycles. The Labute approximate surface area is 121 Å². The second-order valence-corrected chi connectivity index (χ2v) is 4.71. The molecule has 0 amide bonds. The summed E-state index contributed by atoms with van der Waals surface area (Å²) in [5.74, 6) is -0.701. The summed E-state index contributed by atoms with van der Waals surface area (Å²) in [6.45, 7) is 0.615. The molecule has 0 aliphatic heterocycles. The fraction of sp³-hybridized carbons (Fsp3) is 0.357. The molecule has 6 heteroatoms. The van der Waals surface area contributed by atoms with E-state index in [2.05, 4.69) is 4.74 Å². The number of aryl methyl sites for hydroxylation is 1. The number of hydrogen-bond acceptors (Lipinski definition) is 3. The average molecular weight is 300 g/mol. The first-order chi connectivity index (χ1) is 9.58. The second kappa shape index (κ2) is 6.13. The molecule has 0 aliphatic carbocycles. The van der Waals surface area contributed by atoms with Crippen LogP contribution >= 0.6 is 11.6 Å². The molecular weight excluding hydrogens is 285 g/mol. The molecule has 20 heavy (non-hydrogen) atoms. The van der Waals surface area contributed by atoms with Crippen LogP contribution in [0.15, 0.2) is 18.3 Å². The normalized spacial score (nSPS) is 10.8. The Balaban J connectivity index is 2.27. The number of ether oxygens (including phenoxy) is 2. The molecule has 0 atom stereocenters. The maximum Gasteiger partial charge on any atom is 0.305 e. The number of halogens is 2. The van der Waals surface area contributed by atoms with Crippen molar-refractivity contribution >= 4 is 28.5 Å². The maximum atomic E-state index is 13.8. The lowest BCUT2D eigenvalue weighted by atomic mass is 10.2. The van der Waals surface area contributed by atoms with Crippen LogP contribution in [0.5, 0.6) is 5.75 Å². The number of carbonyl (C=O) groups excluding carboxylic acids is 1. The van der Waals surface area contributed by atoms with Gasteiger partial charge in [-0.1, -0.05) is 11.6 Å². The molecule has 0 N–H and O–H groups in total. The van der Waals surface area contributed by atoms with Crippen LogP contribution in [0.1, 0.15) is 12.8 Å². The smallest absolute Gasteiger partial charge is 0.305 e. The zero-order chi connectivity index (χ0) is 14.7. The van der Waals surface area contributed by atoms with E-state index in [4.69, 9.17) is 16.3 Å². The molecule has 0 aliphatic rings. The summed E-state index contributed by atoms with van der Waals surface area (Å²) in [4.78, 5) is 11.1. The van der Waals surface area contributed by atoms with Gasteiger partial charge in [0.2, 0.25) is 0 Å². The van der Waals surface area contributed by atoms with Crippen LogP contribution in [-0.4, -0.2) is 24.8 Å². The van der Waals surface area contributed by atoms with Crippen molar-refractivity contribution in [2.75, 3.05) is 14.2 Å². The summed E-state index contributed by atoms with van der Waals surface area (Å²) >= 11 is 5.99. The van der Waals surface area contributed by atoms with Crippen LogP contribution in [0.2, 0.25) is 5.02 Å². The van der Waals surface area contributed by atoms with Gasteiger partial charge in [-0.2, -0.15) is 0 Å². The standard InChI is InChI=1S/C14H15ClFNO3/c1-19-11-8-10-9(13(15)14(11)16)5-7-17(10)6-3-4-12(18)20-2/h5,7-8H,3-4,6H2,1-2H3. The number of rotatable bonds is 5. The van der Waals surface area contributed by atoms with Gasteiger partial charge >= 0.3 is 5.97 Å². The Morgan fingerprint density at radius 2 is 2.20 bits per heavy atom. The Bertz CT molecular complexity index is 639. The van der Waals surface area contributed by atoms with Crippen molar-refractivity contribution in [1.82, 2.24) is 4.57 Å². The first-order valence-corrected chi connectivity index (χ1v) is 6.54. The number of fused-ring (bicyclic) bond motifs is 1. The molecule has 4 nitrogen and oxygen atoms in total. The first kappa shape index (κ1) is 14.7. The number of carbonyl (C=O) groups is 1. The highest BCUT2D eigenvalue weighted by Gasteiger charge is 2.15. The van der Waals surface area contributed by atoms with E-state index in [0.29, 0.717) is 24.8 Å². The number of esters is 1. The van der Waals surface area contributed by atoms with Crippen LogP contribution in [0.3, 0.4) is 0 Å². The summed E-state index contributed by atoms with van der Waals surface area (Å²) in [5.41, 5.74) is 0.776. The zero-order valence-corrected chi connectivity index (χ0v) is 12.0. The van der Waals surface area contributed by atoms with Gasteiger partial charge in [-0.25, -0.2) is 4.39 Å². The van der Waals surface area contributed by atoms with Gasteiger partial charge in [0.1, 0.15) is 0 Å². The molecule has 2 rings (SSSR count). The lowest BCUT2D eigenvalue weighted by Gasteiger charge is -2.08. The molecule has 0 bridgehead atoms. The van der Waals surface area contributed by atoms with E-state index in [9.17, 15) is 9.18 Å². The minimum Gasteiger partial charge on any atom is -0.494 e. The molecule has 0 radical (unpaired) electrons. The number of aromatic nitrogens is 1. The Morgan fingerprint density at radius 3 is 2.85 bits per heavy atom. The van der Waals surface area contributed by atoms with Gasteiger partial charge in [0.15, 0.2) is 11.6 Å². The van der Waals surface area contributed by atoms with Crippen molar-refractivity contribution in [3.8, 4) is 5.75 Å². The van der Waals surface area contributed by atoms with Gasteiger partial charge in [-0.15, -0.1) is 0 Å². The number of nitrogens with zero attached hydrogens (tertiary/aromatic N) is 1. The Kier molecular flexibility index (Phi) is 4.49. The Morgan fingerprint density at radius 1 is 1.45 bits per heavy atom. The largest absolute Gasteiger partial charge is 0.494 e. The Hall–Kier alpha value is -1.75. The van der Waals surface area contributed by atoms with Crippen molar-refractivity contribution in [2.24, 2.45) is 0 Å². The van der Waals surface area contributed by atoms with Crippen molar-refractivity contribution < 1.29 is 18.7 Å². The van der Waals surface area contributed by atoms with E-state index in [-0.39, 0.29) is 16.7 Å². The van der Waals surface area contributed by atoms with Gasteiger partial charge in [-0.3, -0.25) is 4.79 Å². The molecular formula is C14H15ClFNO3. The summed E-state index contributed by atoms with van der Waals surface area (Å²) in [5, 5.41) is 0.675. The summed E-state index contributed by atoms with van der Waals surface area (Å²) in [7, 11) is 2.76. The van der Waals surface area contributed by atoms with Gasteiger partial charge in [0.05, 0.1) is 24.8 Å². The predicted molar refractivity (Wildman–Crippen MR) is 74.7 cm³/mol. The molecule has 0 unspecified atom stereocenters. The molecule has 0 spiro atoms. The molecule has 108 valence electrons. The van der Waals surface area contributed by atoms with E-state index in [1.807, 2.05) is 10.8 Å². The predicted octanol–water partition coefficient (Wildman–Crippen LogP) is 3.40. The van der Waals surface area contributed by atoms with Crippen molar-refractivity contribution in [2.45, 2.75) is 19.4 Å². The lowest BCUT2D eigenvalue weighted by molar-refractivity contribution is -0.140. The third-order valence-corrected chi connectivity index (χ3v) is 3.52. The SMILES string of the molecule is COC(=O)CCCn1ccc2c(Cl)c(F)c(OC)cc21. The molecule has 1 aromatic carbocycles. The van der Waals surface area contributed by atoms with Gasteiger partial charge < -0.3 is 14.0 Å². The molecule has 0 saturated heterocycles. The van der Waals surface area contributed by atoms with Crippen molar-refractivity contribution in [3.05, 3.63) is 29.2 Å². The minimum atomic E-state index is -0.561. The molecule has 2 aromatic rings. The van der Waals surface area contributed by atoms with Crippen molar-refractivity contribution in [1.29, 1.82) is 0 Å². The van der Waals surface area contributed by atoms with Crippen LogP contribution in [0, 0.1) is 5.82 Å². The second-order valence-electron chi connectivity index (χ2n) is 4.33. The van der Waals surface area contributed by atoms with Gasteiger partial charge in [0, 0.05) is 30.6 Å². The van der Waals surface area contributed by atoms with Crippen LogP contribution in [0.4, 0.5) is 4.39 Å². The van der Waals surface area contributed by atoms with Crippen LogP contribution < -0.4 is 4.74 Å². The van der Waals surface area contributed by atoms with E-state index in [1.165, 1.54) is 14.2 Å². The highest BCUT2D eigenvalue weighted by Crippen LogP contribution is 2.34. The third kappa shape index (κ3) is 2.72. The number of methoxy groups -OCH3 is 2. The van der Waals surface area contributed by atoms with Gasteiger partial charge in [-0.05, 0) is 12.5 Å². The van der Waals surface area contributed by atoms with E-state index < -0.39 is 5.82 Å². The van der Waals surface area contributed by atoms with Crippen LogP contribution in [-0.2, 0) is 16.1 Å². The third-order valence-electron chi connectivity index (χ3n) is 3.15. The van der Waals surface area contributed by atoms with Crippen molar-refractivity contribution in [3.63, 3.8) is 0 Å². The quantitative estimate of drug-likeness (QED) is 0.795. The summed E-state index contributed by atoms with van der Waals surface area (Å²) < 4.78 is 25.3. The first-order valence-electron chi connectivity index (χ1n) is 6.16. The average Bonchev–Trinajstić information content (AvgIpc) is 2.85. The monoisotopic (exact) mass is 299 g/mol. The summed E-state index contributed by atoms with van der Waals surface area (Å²) in [6.07, 6.45) is 2.78. The highest BCUT2D eigenvalue weighted by atomic mass is 35.5. The molecule has 0 fully saturated rings. The van der Waals surface area contributed by atoms with Gasteiger partial charge in [0.25, 0.3) is 0 Å². The fourth-order valence-electron chi connectivity index (χ4n) is 2.08. The molecule has 1 aromatic heterocycles. The highest BCUT2D eigenvalue weighted by molar-refractivity contribution is 6.35. The number of benzene rings is 1. The zero-order valence-electron chi connectivity index (χ0n) is 11.3. The minimum absolute atomic E-state index is 0.0473. The molecule has 1 heterocycles.